The number of nitrogens with zero attached hydrogens (tertiary/aromatic N) is 6. The van der Waals surface area contributed by atoms with Crippen molar-refractivity contribution in [3.05, 3.63) is 266 Å². The van der Waals surface area contributed by atoms with Crippen molar-refractivity contribution < 1.29 is 0 Å². The minimum atomic E-state index is -0.418. The van der Waals surface area contributed by atoms with E-state index < -0.39 is 5.41 Å². The minimum absolute atomic E-state index is 0.000000000000000444. The zero-order valence-corrected chi connectivity index (χ0v) is 41.7. The van der Waals surface area contributed by atoms with Crippen LogP contribution >= 0.6 is 34.8 Å². The van der Waals surface area contributed by atoms with E-state index in [1.807, 2.05) is 45.2 Å². The van der Waals surface area contributed by atoms with Gasteiger partial charge in [0.1, 0.15) is 11.6 Å². The molecule has 0 spiro atoms. The molecule has 2 aliphatic rings. The van der Waals surface area contributed by atoms with Gasteiger partial charge in [0, 0.05) is 29.8 Å². The highest BCUT2D eigenvalue weighted by Crippen LogP contribution is 2.57. The Kier molecular flexibility index (Phi) is 13.2. The lowest BCUT2D eigenvalue weighted by Crippen LogP contribution is -2.28. The van der Waals surface area contributed by atoms with Crippen LogP contribution in [0.25, 0.3) is 22.3 Å². The van der Waals surface area contributed by atoms with Crippen LogP contribution in [0.5, 0.6) is 0 Å². The average molecular weight is 1000 g/mol. The number of nitrogens with two attached hydrogens (primary N) is 2. The third-order valence-corrected chi connectivity index (χ3v) is 13.7. The van der Waals surface area contributed by atoms with Gasteiger partial charge in [-0.05, 0) is 164 Å². The Morgan fingerprint density at radius 3 is 0.972 bits per heavy atom. The Morgan fingerprint density at radius 1 is 0.361 bits per heavy atom. The topological polar surface area (TPSA) is 153 Å². The van der Waals surface area contributed by atoms with E-state index in [1.54, 1.807) is 0 Å². The summed E-state index contributed by atoms with van der Waals surface area (Å²) in [7, 11) is 1.95. The maximum atomic E-state index is 6.00. The smallest absolute Gasteiger partial charge is 0.230 e. The number of hydrogen-bond acceptors (Lipinski definition) is 10. The molecular weight excluding hydrogens is 955 g/mol. The third kappa shape index (κ3) is 8.74. The second kappa shape index (κ2) is 19.9. The first-order valence-corrected chi connectivity index (χ1v) is 24.3. The van der Waals surface area contributed by atoms with E-state index in [-0.39, 0.29) is 21.3 Å². The number of nitrogen functional groups attached to an aromatic ring is 2. The van der Waals surface area contributed by atoms with Gasteiger partial charge in [-0.25, -0.2) is 4.98 Å². The molecule has 0 saturated heterocycles. The van der Waals surface area contributed by atoms with Gasteiger partial charge in [0.2, 0.25) is 21.8 Å². The summed E-state index contributed by atoms with van der Waals surface area (Å²) in [6, 6.07) is 68.9. The normalized spacial score (nSPS) is 12.9. The molecule has 10 aromatic rings. The first kappa shape index (κ1) is 47.5. The first-order valence-electron chi connectivity index (χ1n) is 23.2. The summed E-state index contributed by atoms with van der Waals surface area (Å²) < 4.78 is 0. The molecule has 2 heterocycles. The number of nitrogens with one attached hydrogen (secondary N) is 2. The summed E-state index contributed by atoms with van der Waals surface area (Å²) in [5, 5.41) is 6.59. The quantitative estimate of drug-likeness (QED) is 0.113. The number of benzene rings is 8. The highest BCUT2D eigenvalue weighted by Gasteiger charge is 2.47. The van der Waals surface area contributed by atoms with Crippen LogP contribution in [-0.4, -0.2) is 37.0 Å². The average Bonchev–Trinajstić information content (AvgIpc) is 3.86. The van der Waals surface area contributed by atoms with Crippen LogP contribution in [0.15, 0.2) is 194 Å². The summed E-state index contributed by atoms with van der Waals surface area (Å²) in [6.07, 6.45) is 0. The van der Waals surface area contributed by atoms with Crippen molar-refractivity contribution in [1.29, 1.82) is 0 Å². The van der Waals surface area contributed by atoms with Crippen LogP contribution in [0.4, 0.5) is 28.7 Å². The van der Waals surface area contributed by atoms with E-state index in [2.05, 4.69) is 210 Å². The summed E-state index contributed by atoms with van der Waals surface area (Å²) in [4.78, 5) is 23.5. The Labute approximate surface area is 433 Å². The number of aryl methyl sites for hydroxylation is 2. The molecule has 0 fully saturated rings. The molecule has 10 nitrogen and oxygen atoms in total. The maximum Gasteiger partial charge on any atom is 0.230 e. The Morgan fingerprint density at radius 2 is 0.653 bits per heavy atom. The zero-order chi connectivity index (χ0) is 50.0. The molecule has 0 amide bonds. The van der Waals surface area contributed by atoms with Crippen molar-refractivity contribution in [2.75, 3.05) is 29.1 Å². The lowest BCUT2D eigenvalue weighted by atomic mass is 9.67. The van der Waals surface area contributed by atoms with Gasteiger partial charge in [-0.1, -0.05) is 146 Å². The minimum Gasteiger partial charge on any atom is -0.399 e. The van der Waals surface area contributed by atoms with Gasteiger partial charge in [-0.15, -0.1) is 0 Å². The van der Waals surface area contributed by atoms with Crippen molar-refractivity contribution in [2.45, 2.75) is 24.7 Å². The predicted molar refractivity (Wildman–Crippen MR) is 293 cm³/mol. The highest BCUT2D eigenvalue weighted by atomic mass is 35.5. The van der Waals surface area contributed by atoms with Crippen molar-refractivity contribution in [3.8, 4) is 22.3 Å². The molecule has 6 N–H and O–H groups in total. The van der Waals surface area contributed by atoms with Gasteiger partial charge in [0.15, 0.2) is 0 Å². The van der Waals surface area contributed by atoms with Crippen molar-refractivity contribution in [2.24, 2.45) is 0 Å². The molecule has 13 heteroatoms. The second-order valence-corrected chi connectivity index (χ2v) is 18.4. The van der Waals surface area contributed by atoms with Crippen LogP contribution < -0.4 is 22.1 Å². The zero-order valence-electron chi connectivity index (χ0n) is 39.4. The van der Waals surface area contributed by atoms with E-state index >= 15 is 0 Å². The number of anilines is 5. The summed E-state index contributed by atoms with van der Waals surface area (Å²) in [6.45, 7) is 3.75. The fraction of sp³-hybridized carbons (Fsp3) is 0.0847. The molecule has 2 aromatic heterocycles. The second-order valence-electron chi connectivity index (χ2n) is 17.4. The molecule has 0 unspecified atom stereocenters. The Hall–Kier alpha value is -8.15. The molecular formula is C59H47Cl3N10. The van der Waals surface area contributed by atoms with E-state index in [0.29, 0.717) is 17.6 Å². The number of hydrogen-bond donors (Lipinski definition) is 4. The van der Waals surface area contributed by atoms with E-state index in [4.69, 9.17) is 46.3 Å². The van der Waals surface area contributed by atoms with Gasteiger partial charge >= 0.3 is 0 Å². The van der Waals surface area contributed by atoms with Crippen LogP contribution in [0.1, 0.15) is 56.2 Å². The Balaban J connectivity index is 0.000000145. The van der Waals surface area contributed by atoms with Crippen LogP contribution in [0.2, 0.25) is 15.9 Å². The molecule has 354 valence electrons. The summed E-state index contributed by atoms with van der Waals surface area (Å²) >= 11 is 16.0. The van der Waals surface area contributed by atoms with Crippen molar-refractivity contribution in [3.63, 3.8) is 0 Å². The van der Waals surface area contributed by atoms with E-state index in [1.165, 1.54) is 66.8 Å². The number of fused-ring (bicyclic) bond motifs is 6. The van der Waals surface area contributed by atoms with Crippen LogP contribution in [0.3, 0.4) is 0 Å². The fourth-order valence-corrected chi connectivity index (χ4v) is 10.9. The molecule has 8 aromatic carbocycles. The molecule has 0 atom stereocenters. The molecule has 12 rings (SSSR count). The van der Waals surface area contributed by atoms with Gasteiger partial charge in [0.25, 0.3) is 0 Å². The monoisotopic (exact) mass is 1000 g/mol. The lowest BCUT2D eigenvalue weighted by Gasteiger charge is -2.34. The summed E-state index contributed by atoms with van der Waals surface area (Å²) in [5.74, 6) is 1.95. The predicted octanol–water partition coefficient (Wildman–Crippen LogP) is 13.7. The van der Waals surface area contributed by atoms with Crippen molar-refractivity contribution in [1.82, 2.24) is 29.9 Å². The number of aromatic nitrogens is 6. The van der Waals surface area contributed by atoms with E-state index in [0.717, 1.165) is 22.7 Å². The molecule has 0 radical (unpaired) electrons. The molecule has 0 bridgehead atoms. The van der Waals surface area contributed by atoms with Gasteiger partial charge in [0.05, 0.1) is 10.8 Å². The standard InChI is InChI=1S/C31H27N5.C25H20N2.C3Cl3N3/c1-20-33-21(2)35-30(34-20)36-25-18-14-23(15-19-25)31(22-12-16-24(32-3)17-13-22)28-10-6-4-8-26(28)27-9-5-7-11-29(27)31;26-19-13-9-17(10-14-19)25(18-11-15-20(27)16-12-18)23-7-3-1-5-21(23)22-6-2-4-8-24(22)25;4-1-7-2(5)9-3(6)8-1/h4-19,32H,1-3H3,(H,33,34,35,36);1-16H,26-27H2;. The SMILES string of the molecule is CNc1ccc(C2(c3ccc(Nc4nc(C)nc(C)n4)cc3)c3ccccc3-c3ccccc32)cc1.Clc1nc(Cl)nc(Cl)n1.Nc1ccc(C2(c3ccc(N)cc3)c3ccccc3-c3ccccc32)cc1. The maximum absolute atomic E-state index is 6.00. The molecule has 0 aliphatic heterocycles. The Bertz CT molecular complexity index is 3360. The number of halogens is 3. The van der Waals surface area contributed by atoms with Gasteiger partial charge in [-0.2, -0.15) is 24.9 Å². The molecule has 2 aliphatic carbocycles. The van der Waals surface area contributed by atoms with Gasteiger partial charge in [-0.3, -0.25) is 0 Å². The fourth-order valence-electron chi connectivity index (χ4n) is 10.3. The largest absolute Gasteiger partial charge is 0.399 e. The third-order valence-electron chi connectivity index (χ3n) is 13.2. The molecule has 72 heavy (non-hydrogen) atoms. The van der Waals surface area contributed by atoms with Crippen LogP contribution in [-0.2, 0) is 10.8 Å². The van der Waals surface area contributed by atoms with E-state index in [9.17, 15) is 0 Å². The highest BCUT2D eigenvalue weighted by molar-refractivity contribution is 6.33. The number of rotatable bonds is 7. The molecule has 0 saturated carbocycles. The summed E-state index contributed by atoms with van der Waals surface area (Å²) in [5.41, 5.74) is 29.9. The van der Waals surface area contributed by atoms with Gasteiger partial charge < -0.3 is 22.1 Å². The first-order chi connectivity index (χ1) is 35.0. The lowest BCUT2D eigenvalue weighted by molar-refractivity contribution is 0.768. The van der Waals surface area contributed by atoms with Crippen molar-refractivity contribution >= 4 is 63.5 Å². The van der Waals surface area contributed by atoms with Crippen LogP contribution in [0, 0.1) is 13.8 Å².